The van der Waals surface area contributed by atoms with Crippen LogP contribution >= 0.6 is 11.8 Å². The summed E-state index contributed by atoms with van der Waals surface area (Å²) in [6, 6.07) is 21.2. The van der Waals surface area contributed by atoms with E-state index < -0.39 is 0 Å². The van der Waals surface area contributed by atoms with E-state index >= 15 is 0 Å². The lowest BCUT2D eigenvalue weighted by atomic mass is 10.0. The minimum absolute atomic E-state index is 0.835. The number of rotatable bonds is 4. The van der Waals surface area contributed by atoms with Gasteiger partial charge in [-0.25, -0.2) is 4.84 Å². The molecule has 0 aliphatic rings. The summed E-state index contributed by atoms with van der Waals surface area (Å²) in [5.41, 5.74) is 2.83. The van der Waals surface area contributed by atoms with E-state index in [-0.39, 0.29) is 0 Å². The lowest BCUT2D eigenvalue weighted by Crippen LogP contribution is -1.91. The van der Waals surface area contributed by atoms with Crippen molar-refractivity contribution in [2.75, 3.05) is 6.54 Å². The van der Waals surface area contributed by atoms with Crippen molar-refractivity contribution in [1.29, 1.82) is 0 Å². The Balaban J connectivity index is 0.000000357. The number of halogens is 1. The molecule has 0 amide bonds. The molecule has 0 aliphatic heterocycles. The van der Waals surface area contributed by atoms with E-state index in [4.69, 9.17) is 11.8 Å². The third-order valence-electron chi connectivity index (χ3n) is 2.52. The largest absolute Gasteiger partial charge is 0.234 e. The summed E-state index contributed by atoms with van der Waals surface area (Å²) in [5, 5.41) is 0. The van der Waals surface area contributed by atoms with Gasteiger partial charge in [0.05, 0.1) is 0 Å². The molecule has 0 spiro atoms. The first-order valence-corrected chi connectivity index (χ1v) is 6.66. The Hall–Kier alpha value is -1.31. The van der Waals surface area contributed by atoms with Gasteiger partial charge in [-0.2, -0.15) is 0 Å². The van der Waals surface area contributed by atoms with Gasteiger partial charge in [0.25, 0.3) is 0 Å². The Bertz CT molecular complexity index is 358. The van der Waals surface area contributed by atoms with Crippen LogP contribution in [0.25, 0.3) is 0 Å². The lowest BCUT2D eigenvalue weighted by molar-refractivity contribution is 0.960. The van der Waals surface area contributed by atoms with Crippen molar-refractivity contribution in [3.8, 4) is 0 Å². The maximum Gasteiger partial charge on any atom is 0.00793 e. The molecule has 0 aromatic heterocycles. The van der Waals surface area contributed by atoms with Crippen molar-refractivity contribution in [3.05, 3.63) is 71.8 Å². The minimum Gasteiger partial charge on any atom is -0.234 e. The molecule has 2 rings (SSSR count). The van der Waals surface area contributed by atoms with Crippen LogP contribution in [0, 0.1) is 0 Å². The number of nitrogens with one attached hydrogen (secondary N) is 1. The first-order valence-electron chi connectivity index (χ1n) is 6.28. The fourth-order valence-corrected chi connectivity index (χ4v) is 1.58. The highest BCUT2D eigenvalue weighted by atomic mass is 35.5. The highest BCUT2D eigenvalue weighted by Crippen LogP contribution is 2.06. The fraction of sp³-hybridized carbons (Fsp3) is 0.250. The summed E-state index contributed by atoms with van der Waals surface area (Å²) >= 11 is 4.94. The Kier molecular flexibility index (Phi) is 7.94. The van der Waals surface area contributed by atoms with Crippen LogP contribution in [0.2, 0.25) is 0 Å². The summed E-state index contributed by atoms with van der Waals surface area (Å²) in [7, 11) is 0. The van der Waals surface area contributed by atoms with E-state index in [0.29, 0.717) is 0 Å². The van der Waals surface area contributed by atoms with Crippen LogP contribution < -0.4 is 4.84 Å². The lowest BCUT2D eigenvalue weighted by Gasteiger charge is -2.01. The van der Waals surface area contributed by atoms with Crippen molar-refractivity contribution in [2.45, 2.75) is 19.8 Å². The van der Waals surface area contributed by atoms with Crippen molar-refractivity contribution in [1.82, 2.24) is 4.84 Å². The summed E-state index contributed by atoms with van der Waals surface area (Å²) < 4.78 is 0. The SMILES string of the molecule is CCNCl.c1ccc(CCc2ccccc2)cc1. The van der Waals surface area contributed by atoms with Gasteiger partial charge in [0, 0.05) is 6.54 Å². The van der Waals surface area contributed by atoms with Crippen molar-refractivity contribution in [3.63, 3.8) is 0 Å². The normalized spacial score (nSPS) is 9.44. The van der Waals surface area contributed by atoms with Crippen LogP contribution in [-0.2, 0) is 12.8 Å². The maximum atomic E-state index is 4.94. The molecule has 0 heterocycles. The van der Waals surface area contributed by atoms with E-state index in [1.165, 1.54) is 11.1 Å². The van der Waals surface area contributed by atoms with Gasteiger partial charge in [-0.1, -0.05) is 67.6 Å². The van der Waals surface area contributed by atoms with Gasteiger partial charge in [-0.05, 0) is 35.7 Å². The smallest absolute Gasteiger partial charge is 0.00793 e. The van der Waals surface area contributed by atoms with E-state index in [2.05, 4.69) is 65.5 Å². The molecule has 1 nitrogen and oxygen atoms in total. The van der Waals surface area contributed by atoms with Crippen LogP contribution in [-0.4, -0.2) is 6.54 Å². The molecule has 96 valence electrons. The molecule has 0 fully saturated rings. The zero-order chi connectivity index (χ0) is 13.1. The molecule has 0 aliphatic carbocycles. The molecule has 0 saturated heterocycles. The average molecular weight is 262 g/mol. The predicted octanol–water partition coefficient (Wildman–Crippen LogP) is 4.22. The second-order valence-corrected chi connectivity index (χ2v) is 4.23. The molecule has 0 bridgehead atoms. The molecular weight excluding hydrogens is 242 g/mol. The highest BCUT2D eigenvalue weighted by Gasteiger charge is 1.93. The Morgan fingerprint density at radius 3 is 1.39 bits per heavy atom. The molecule has 1 N–H and O–H groups in total. The van der Waals surface area contributed by atoms with Gasteiger partial charge < -0.3 is 0 Å². The van der Waals surface area contributed by atoms with E-state index in [1.54, 1.807) is 0 Å². The molecule has 18 heavy (non-hydrogen) atoms. The standard InChI is InChI=1S/C14H14.C2H6ClN/c1-3-7-13(8-4-1)11-12-14-9-5-2-6-10-14;1-2-4-3/h1-10H,11-12H2;4H,2H2,1H3. The summed E-state index contributed by atoms with van der Waals surface area (Å²) in [4.78, 5) is 2.40. The van der Waals surface area contributed by atoms with Crippen molar-refractivity contribution < 1.29 is 0 Å². The van der Waals surface area contributed by atoms with E-state index in [9.17, 15) is 0 Å². The topological polar surface area (TPSA) is 12.0 Å². The van der Waals surface area contributed by atoms with Gasteiger partial charge >= 0.3 is 0 Å². The zero-order valence-corrected chi connectivity index (χ0v) is 11.5. The molecule has 2 heteroatoms. The van der Waals surface area contributed by atoms with Crippen molar-refractivity contribution >= 4 is 11.8 Å². The molecule has 2 aromatic carbocycles. The fourth-order valence-electron chi connectivity index (χ4n) is 1.58. The molecule has 2 aromatic rings. The first-order chi connectivity index (χ1) is 8.86. The maximum absolute atomic E-state index is 4.94. The molecule has 0 radical (unpaired) electrons. The van der Waals surface area contributed by atoms with Gasteiger partial charge in [-0.15, -0.1) is 0 Å². The molecule has 0 unspecified atom stereocenters. The highest BCUT2D eigenvalue weighted by molar-refractivity contribution is 6.13. The van der Waals surface area contributed by atoms with Crippen LogP contribution in [0.3, 0.4) is 0 Å². The van der Waals surface area contributed by atoms with Gasteiger partial charge in [-0.3, -0.25) is 0 Å². The van der Waals surface area contributed by atoms with Gasteiger partial charge in [0.1, 0.15) is 0 Å². The van der Waals surface area contributed by atoms with Crippen LogP contribution in [0.4, 0.5) is 0 Å². The predicted molar refractivity (Wildman–Crippen MR) is 79.8 cm³/mol. The van der Waals surface area contributed by atoms with Crippen LogP contribution in [0.15, 0.2) is 60.7 Å². The number of hydrogen-bond acceptors (Lipinski definition) is 1. The number of aryl methyl sites for hydroxylation is 2. The quantitative estimate of drug-likeness (QED) is 0.813. The number of benzene rings is 2. The minimum atomic E-state index is 0.835. The van der Waals surface area contributed by atoms with E-state index in [0.717, 1.165) is 19.4 Å². The molecule has 0 atom stereocenters. The van der Waals surface area contributed by atoms with E-state index in [1.807, 2.05) is 6.92 Å². The summed E-state index contributed by atoms with van der Waals surface area (Å²) in [6.45, 7) is 2.77. The Morgan fingerprint density at radius 1 is 0.778 bits per heavy atom. The summed E-state index contributed by atoms with van der Waals surface area (Å²) in [5.74, 6) is 0. The van der Waals surface area contributed by atoms with Gasteiger partial charge in [0.15, 0.2) is 0 Å². The zero-order valence-electron chi connectivity index (χ0n) is 10.8. The van der Waals surface area contributed by atoms with Crippen molar-refractivity contribution in [2.24, 2.45) is 0 Å². The molecule has 0 saturated carbocycles. The summed E-state index contributed by atoms with van der Waals surface area (Å²) in [6.07, 6.45) is 2.26. The average Bonchev–Trinajstić information content (AvgIpc) is 2.47. The Morgan fingerprint density at radius 2 is 1.11 bits per heavy atom. The van der Waals surface area contributed by atoms with Crippen LogP contribution in [0.1, 0.15) is 18.1 Å². The third-order valence-corrected chi connectivity index (χ3v) is 2.79. The van der Waals surface area contributed by atoms with Crippen LogP contribution in [0.5, 0.6) is 0 Å². The number of hydrogen-bond donors (Lipinski definition) is 1. The second kappa shape index (κ2) is 9.69. The Labute approximate surface area is 115 Å². The monoisotopic (exact) mass is 261 g/mol. The first kappa shape index (κ1) is 14.7. The molecular formula is C16H20ClN. The third kappa shape index (κ3) is 6.43. The second-order valence-electron chi connectivity index (χ2n) is 3.96. The van der Waals surface area contributed by atoms with Gasteiger partial charge in [0.2, 0.25) is 0 Å².